The number of aliphatic imine (C=N–C) groups is 1. The summed E-state index contributed by atoms with van der Waals surface area (Å²) in [7, 11) is 0. The van der Waals surface area contributed by atoms with Crippen LogP contribution in [-0.2, 0) is 4.79 Å². The Morgan fingerprint density at radius 2 is 2.00 bits per heavy atom. The average Bonchev–Trinajstić information content (AvgIpc) is 2.71. The molecule has 1 atom stereocenters. The van der Waals surface area contributed by atoms with Crippen molar-refractivity contribution in [3.8, 4) is 0 Å². The first kappa shape index (κ1) is 13.6. The maximum absolute atomic E-state index is 11.7. The van der Waals surface area contributed by atoms with Gasteiger partial charge in [-0.15, -0.1) is 0 Å². The molecule has 1 fully saturated rings. The monoisotopic (exact) mass is 278 g/mol. The smallest absolute Gasteiger partial charge is 0.335 e. The molecule has 0 aromatic heterocycles. The molecule has 1 unspecified atom stereocenters. The van der Waals surface area contributed by atoms with Crippen molar-refractivity contribution in [2.45, 2.75) is 19.1 Å². The molecule has 6 heteroatoms. The SMILES string of the molecule is CC(C)C1SC(=Nc2ccc(C(=O)O)cc2)NC1=O. The Kier molecular flexibility index (Phi) is 3.90. The number of carboxylic acid groups (broad SMARTS) is 1. The van der Waals surface area contributed by atoms with Crippen LogP contribution in [0.4, 0.5) is 5.69 Å². The number of thioether (sulfide) groups is 1. The third kappa shape index (κ3) is 3.14. The molecule has 1 aromatic rings. The molecule has 1 aliphatic rings. The molecule has 1 amide bonds. The zero-order chi connectivity index (χ0) is 14.0. The van der Waals surface area contributed by atoms with Gasteiger partial charge in [0.15, 0.2) is 5.17 Å². The van der Waals surface area contributed by atoms with Gasteiger partial charge in [0, 0.05) is 0 Å². The Hall–Kier alpha value is -1.82. The van der Waals surface area contributed by atoms with E-state index in [1.807, 2.05) is 13.8 Å². The van der Waals surface area contributed by atoms with Gasteiger partial charge in [-0.05, 0) is 30.2 Å². The summed E-state index contributed by atoms with van der Waals surface area (Å²) in [5, 5.41) is 12.0. The number of nitrogens with one attached hydrogen (secondary N) is 1. The Bertz CT molecular complexity index is 537. The van der Waals surface area contributed by atoms with Crippen LogP contribution in [0.1, 0.15) is 24.2 Å². The van der Waals surface area contributed by atoms with E-state index in [-0.39, 0.29) is 22.6 Å². The van der Waals surface area contributed by atoms with Crippen molar-refractivity contribution in [3.05, 3.63) is 29.8 Å². The number of amidine groups is 1. The molecule has 0 aliphatic carbocycles. The lowest BCUT2D eigenvalue weighted by atomic mass is 10.1. The number of hydrogen-bond donors (Lipinski definition) is 2. The van der Waals surface area contributed by atoms with Crippen LogP contribution in [0.5, 0.6) is 0 Å². The molecule has 0 saturated carbocycles. The molecule has 1 saturated heterocycles. The minimum absolute atomic E-state index is 0.0269. The van der Waals surface area contributed by atoms with Crippen molar-refractivity contribution < 1.29 is 14.7 Å². The van der Waals surface area contributed by atoms with Crippen molar-refractivity contribution >= 4 is 34.5 Å². The van der Waals surface area contributed by atoms with Crippen molar-refractivity contribution in [1.82, 2.24) is 5.32 Å². The molecule has 1 aliphatic heterocycles. The molecule has 2 rings (SSSR count). The van der Waals surface area contributed by atoms with Crippen LogP contribution in [0.2, 0.25) is 0 Å². The van der Waals surface area contributed by atoms with Crippen molar-refractivity contribution in [2.75, 3.05) is 0 Å². The summed E-state index contributed by atoms with van der Waals surface area (Å²) < 4.78 is 0. The number of carbonyl (C=O) groups is 2. The Labute approximate surface area is 115 Å². The number of hydrogen-bond acceptors (Lipinski definition) is 4. The molecule has 2 N–H and O–H groups in total. The van der Waals surface area contributed by atoms with Gasteiger partial charge in [0.05, 0.1) is 16.5 Å². The minimum atomic E-state index is -0.970. The van der Waals surface area contributed by atoms with Gasteiger partial charge in [0.25, 0.3) is 0 Å². The van der Waals surface area contributed by atoms with E-state index in [1.165, 1.54) is 23.9 Å². The molecule has 1 aromatic carbocycles. The molecule has 1 heterocycles. The van der Waals surface area contributed by atoms with E-state index in [0.29, 0.717) is 10.9 Å². The highest BCUT2D eigenvalue weighted by atomic mass is 32.2. The summed E-state index contributed by atoms with van der Waals surface area (Å²) in [5.41, 5.74) is 0.837. The Morgan fingerprint density at radius 3 is 2.47 bits per heavy atom. The highest BCUT2D eigenvalue weighted by molar-refractivity contribution is 8.15. The topological polar surface area (TPSA) is 78.8 Å². The second-order valence-electron chi connectivity index (χ2n) is 4.54. The number of nitrogens with zero attached hydrogens (tertiary/aromatic N) is 1. The van der Waals surface area contributed by atoms with E-state index in [9.17, 15) is 9.59 Å². The van der Waals surface area contributed by atoms with E-state index in [0.717, 1.165) is 0 Å². The lowest BCUT2D eigenvalue weighted by Gasteiger charge is -2.07. The predicted molar refractivity (Wildman–Crippen MR) is 74.9 cm³/mol. The fourth-order valence-electron chi connectivity index (χ4n) is 1.67. The van der Waals surface area contributed by atoms with Gasteiger partial charge in [-0.25, -0.2) is 9.79 Å². The predicted octanol–water partition coefficient (Wildman–Crippen LogP) is 2.26. The van der Waals surface area contributed by atoms with E-state index in [1.54, 1.807) is 12.1 Å². The van der Waals surface area contributed by atoms with Crippen molar-refractivity contribution in [3.63, 3.8) is 0 Å². The lowest BCUT2D eigenvalue weighted by molar-refractivity contribution is -0.119. The number of benzene rings is 1. The van der Waals surface area contributed by atoms with Crippen LogP contribution in [0.25, 0.3) is 0 Å². The highest BCUT2D eigenvalue weighted by Gasteiger charge is 2.32. The third-order valence-corrected chi connectivity index (χ3v) is 4.11. The number of carboxylic acids is 1. The first-order valence-electron chi connectivity index (χ1n) is 5.87. The van der Waals surface area contributed by atoms with Gasteiger partial charge < -0.3 is 10.4 Å². The molecule has 19 heavy (non-hydrogen) atoms. The molecule has 0 spiro atoms. The zero-order valence-electron chi connectivity index (χ0n) is 10.6. The van der Waals surface area contributed by atoms with Gasteiger partial charge in [-0.1, -0.05) is 25.6 Å². The van der Waals surface area contributed by atoms with Crippen LogP contribution < -0.4 is 5.32 Å². The summed E-state index contributed by atoms with van der Waals surface area (Å²) in [4.78, 5) is 26.7. The van der Waals surface area contributed by atoms with E-state index in [2.05, 4.69) is 10.3 Å². The largest absolute Gasteiger partial charge is 0.478 e. The second-order valence-corrected chi connectivity index (χ2v) is 5.67. The quantitative estimate of drug-likeness (QED) is 0.889. The standard InChI is InChI=1S/C13H14N2O3S/c1-7(2)10-11(16)15-13(19-10)14-9-5-3-8(4-6-9)12(17)18/h3-7,10H,1-2H3,(H,17,18)(H,14,15,16). The molecule has 0 bridgehead atoms. The fourth-order valence-corrected chi connectivity index (χ4v) is 2.66. The average molecular weight is 278 g/mol. The van der Waals surface area contributed by atoms with Gasteiger partial charge in [-0.2, -0.15) is 0 Å². The van der Waals surface area contributed by atoms with Crippen LogP contribution in [0.3, 0.4) is 0 Å². The molecule has 100 valence electrons. The van der Waals surface area contributed by atoms with E-state index in [4.69, 9.17) is 5.11 Å². The van der Waals surface area contributed by atoms with Crippen LogP contribution in [-0.4, -0.2) is 27.4 Å². The summed E-state index contributed by atoms with van der Waals surface area (Å²) in [6, 6.07) is 6.21. The van der Waals surface area contributed by atoms with Crippen molar-refractivity contribution in [1.29, 1.82) is 0 Å². The summed E-state index contributed by atoms with van der Waals surface area (Å²) >= 11 is 1.41. The van der Waals surface area contributed by atoms with Gasteiger partial charge >= 0.3 is 5.97 Å². The zero-order valence-corrected chi connectivity index (χ0v) is 11.4. The molecular formula is C13H14N2O3S. The van der Waals surface area contributed by atoms with E-state index >= 15 is 0 Å². The molecule has 5 nitrogen and oxygen atoms in total. The lowest BCUT2D eigenvalue weighted by Crippen LogP contribution is -2.27. The van der Waals surface area contributed by atoms with Gasteiger partial charge in [0.1, 0.15) is 0 Å². The van der Waals surface area contributed by atoms with Crippen LogP contribution >= 0.6 is 11.8 Å². The van der Waals surface area contributed by atoms with Gasteiger partial charge in [-0.3, -0.25) is 4.79 Å². The maximum Gasteiger partial charge on any atom is 0.335 e. The number of amides is 1. The Balaban J connectivity index is 2.14. The van der Waals surface area contributed by atoms with Crippen molar-refractivity contribution in [2.24, 2.45) is 10.9 Å². The first-order valence-corrected chi connectivity index (χ1v) is 6.75. The summed E-state index contributed by atoms with van der Waals surface area (Å²) in [6.45, 7) is 3.98. The fraction of sp³-hybridized carbons (Fsp3) is 0.308. The Morgan fingerprint density at radius 1 is 1.37 bits per heavy atom. The summed E-state index contributed by atoms with van der Waals surface area (Å²) in [6.07, 6.45) is 0. The number of rotatable bonds is 3. The number of aromatic carboxylic acids is 1. The third-order valence-electron chi connectivity index (χ3n) is 2.68. The minimum Gasteiger partial charge on any atom is -0.478 e. The summed E-state index contributed by atoms with van der Waals surface area (Å²) in [5.74, 6) is -0.754. The van der Waals surface area contributed by atoms with Crippen LogP contribution in [0.15, 0.2) is 29.3 Å². The molecular weight excluding hydrogens is 264 g/mol. The molecule has 0 radical (unpaired) electrons. The maximum atomic E-state index is 11.7. The van der Waals surface area contributed by atoms with Gasteiger partial charge in [0.2, 0.25) is 5.91 Å². The second kappa shape index (κ2) is 5.44. The van der Waals surface area contributed by atoms with Crippen LogP contribution in [0, 0.1) is 5.92 Å². The van der Waals surface area contributed by atoms with E-state index < -0.39 is 5.97 Å². The number of carbonyl (C=O) groups excluding carboxylic acids is 1. The first-order chi connectivity index (χ1) is 8.97. The highest BCUT2D eigenvalue weighted by Crippen LogP contribution is 2.27. The normalized spacial score (nSPS) is 20.9.